The van der Waals surface area contributed by atoms with Crippen molar-refractivity contribution >= 4 is 16.9 Å². The number of pyridine rings is 1. The van der Waals surface area contributed by atoms with Crippen LogP contribution in [0.25, 0.3) is 38.2 Å². The third kappa shape index (κ3) is 2.26. The molecule has 0 aliphatic heterocycles. The van der Waals surface area contributed by atoms with Crippen molar-refractivity contribution in [3.05, 3.63) is 54.3 Å². The zero-order chi connectivity index (χ0) is 17.7. The molecule has 0 saturated heterocycles. The Hall–Kier alpha value is -3.26. The largest absolute Gasteiger partial charge is 0.460 e. The van der Waals surface area contributed by atoms with Crippen molar-refractivity contribution in [2.24, 2.45) is 0 Å². The number of aryl methyl sites for hydroxylation is 2. The Morgan fingerprint density at radius 3 is 2.85 bits per heavy atom. The molecule has 0 bridgehead atoms. The van der Waals surface area contributed by atoms with Gasteiger partial charge in [0.05, 0.1) is 16.8 Å². The van der Waals surface area contributed by atoms with Crippen molar-refractivity contribution in [2.45, 2.75) is 13.8 Å². The summed E-state index contributed by atoms with van der Waals surface area (Å²) in [7, 11) is 0. The van der Waals surface area contributed by atoms with Crippen LogP contribution in [0, 0.1) is 13.8 Å². The van der Waals surface area contributed by atoms with Crippen LogP contribution < -0.4 is 0 Å². The Morgan fingerprint density at radius 2 is 2.08 bits per heavy atom. The summed E-state index contributed by atoms with van der Waals surface area (Å²) in [5.74, 6) is 2.22. The van der Waals surface area contributed by atoms with Crippen LogP contribution in [0.5, 0.6) is 0 Å². The highest BCUT2D eigenvalue weighted by Gasteiger charge is 2.23. The zero-order valence-corrected chi connectivity index (χ0v) is 14.9. The van der Waals surface area contributed by atoms with E-state index in [0.717, 1.165) is 38.1 Å². The quantitative estimate of drug-likeness (QED) is 0.522. The van der Waals surface area contributed by atoms with Gasteiger partial charge in [-0.05, 0) is 38.1 Å². The molecule has 5 heterocycles. The van der Waals surface area contributed by atoms with Gasteiger partial charge in [0, 0.05) is 6.20 Å². The van der Waals surface area contributed by atoms with Gasteiger partial charge in [-0.25, -0.2) is 14.5 Å². The second kappa shape index (κ2) is 5.63. The molecule has 0 spiro atoms. The first-order valence-corrected chi connectivity index (χ1v) is 8.90. The molecule has 0 unspecified atom stereocenters. The highest BCUT2D eigenvalue weighted by atomic mass is 32.1. The van der Waals surface area contributed by atoms with Crippen LogP contribution in [-0.2, 0) is 0 Å². The number of thiazole rings is 1. The van der Waals surface area contributed by atoms with Gasteiger partial charge in [-0.1, -0.05) is 6.07 Å². The number of hydrogen-bond donors (Lipinski definition) is 1. The minimum atomic E-state index is 0.673. The second-order valence-electron chi connectivity index (χ2n) is 5.93. The van der Waals surface area contributed by atoms with E-state index in [-0.39, 0.29) is 0 Å². The first-order chi connectivity index (χ1) is 12.7. The Morgan fingerprint density at radius 1 is 1.15 bits per heavy atom. The average Bonchev–Trinajstić information content (AvgIpc) is 3.39. The monoisotopic (exact) mass is 362 g/mol. The summed E-state index contributed by atoms with van der Waals surface area (Å²) in [6.07, 6.45) is 3.43. The summed E-state index contributed by atoms with van der Waals surface area (Å²) in [6, 6.07) is 9.86. The maximum atomic E-state index is 5.82. The van der Waals surface area contributed by atoms with Gasteiger partial charge < -0.3 is 4.42 Å². The molecule has 8 heteroatoms. The molecule has 5 rings (SSSR count). The summed E-state index contributed by atoms with van der Waals surface area (Å²) < 4.78 is 7.69. The standard InChI is InChI=1S/C18H14N6OS/c1-10-6-7-13(25-10)15-16(17-19-9-20-22-17)26-18(21-15)14-11(2)23-24-8-4-3-5-12(14)24/h3-9H,1-2H3,(H,19,20,22). The van der Waals surface area contributed by atoms with E-state index in [0.29, 0.717) is 11.6 Å². The number of aromatic nitrogens is 6. The van der Waals surface area contributed by atoms with Crippen LogP contribution >= 0.6 is 11.3 Å². The smallest absolute Gasteiger partial charge is 0.167 e. The summed E-state index contributed by atoms with van der Waals surface area (Å²) in [6.45, 7) is 3.91. The van der Waals surface area contributed by atoms with Crippen LogP contribution in [0.15, 0.2) is 47.3 Å². The molecule has 0 atom stereocenters. The minimum absolute atomic E-state index is 0.673. The highest BCUT2D eigenvalue weighted by molar-refractivity contribution is 7.19. The molecule has 0 aliphatic carbocycles. The normalized spacial score (nSPS) is 11.5. The van der Waals surface area contributed by atoms with E-state index < -0.39 is 0 Å². The molecule has 0 radical (unpaired) electrons. The lowest BCUT2D eigenvalue weighted by atomic mass is 10.2. The molecule has 7 nitrogen and oxygen atoms in total. The van der Waals surface area contributed by atoms with Crippen molar-refractivity contribution in [3.63, 3.8) is 0 Å². The number of H-pyrrole nitrogens is 1. The molecule has 1 N–H and O–H groups in total. The molecule has 0 saturated carbocycles. The van der Waals surface area contributed by atoms with Crippen molar-refractivity contribution in [1.29, 1.82) is 0 Å². The molecule has 5 aromatic heterocycles. The van der Waals surface area contributed by atoms with Gasteiger partial charge >= 0.3 is 0 Å². The second-order valence-corrected chi connectivity index (χ2v) is 6.93. The van der Waals surface area contributed by atoms with Gasteiger partial charge in [0.1, 0.15) is 27.7 Å². The number of nitrogens with one attached hydrogen (secondary N) is 1. The first-order valence-electron chi connectivity index (χ1n) is 8.08. The Bertz CT molecular complexity index is 1210. The topological polar surface area (TPSA) is 84.9 Å². The molecule has 0 aliphatic rings. The SMILES string of the molecule is Cc1ccc(-c2nc(-c3c(C)nn4ccccc34)sc2-c2ncn[nH]2)o1. The van der Waals surface area contributed by atoms with Crippen molar-refractivity contribution in [3.8, 4) is 32.7 Å². The summed E-state index contributed by atoms with van der Waals surface area (Å²) in [5.41, 5.74) is 3.72. The van der Waals surface area contributed by atoms with E-state index in [2.05, 4.69) is 20.3 Å². The molecule has 128 valence electrons. The third-order valence-electron chi connectivity index (χ3n) is 4.16. The summed E-state index contributed by atoms with van der Waals surface area (Å²) in [4.78, 5) is 10.1. The maximum absolute atomic E-state index is 5.82. The van der Waals surface area contributed by atoms with E-state index in [4.69, 9.17) is 9.40 Å². The van der Waals surface area contributed by atoms with Crippen LogP contribution in [0.4, 0.5) is 0 Å². The van der Waals surface area contributed by atoms with E-state index in [1.165, 1.54) is 6.33 Å². The third-order valence-corrected chi connectivity index (χ3v) is 5.24. The van der Waals surface area contributed by atoms with Crippen molar-refractivity contribution in [1.82, 2.24) is 29.8 Å². The molecule has 5 aromatic rings. The van der Waals surface area contributed by atoms with Crippen LogP contribution in [-0.4, -0.2) is 29.8 Å². The fourth-order valence-corrected chi connectivity index (χ4v) is 4.13. The fraction of sp³-hybridized carbons (Fsp3) is 0.111. The highest BCUT2D eigenvalue weighted by Crippen LogP contribution is 2.41. The molecular formula is C18H14N6OS. The Kier molecular flexibility index (Phi) is 3.26. The Labute approximate surface area is 152 Å². The number of rotatable bonds is 3. The molecule has 0 fully saturated rings. The Balaban J connectivity index is 1.77. The summed E-state index contributed by atoms with van der Waals surface area (Å²) >= 11 is 1.55. The molecule has 26 heavy (non-hydrogen) atoms. The molecule has 0 aromatic carbocycles. The van der Waals surface area contributed by atoms with Crippen molar-refractivity contribution < 1.29 is 4.42 Å². The van der Waals surface area contributed by atoms with Gasteiger partial charge in [-0.2, -0.15) is 10.2 Å². The molecule has 0 amide bonds. The van der Waals surface area contributed by atoms with Gasteiger partial charge in [-0.15, -0.1) is 11.3 Å². The lowest BCUT2D eigenvalue weighted by Crippen LogP contribution is -1.84. The number of aromatic amines is 1. The predicted octanol–water partition coefficient (Wildman–Crippen LogP) is 4.12. The summed E-state index contributed by atoms with van der Waals surface area (Å²) in [5, 5.41) is 12.4. The van der Waals surface area contributed by atoms with Crippen LogP contribution in [0.3, 0.4) is 0 Å². The van der Waals surface area contributed by atoms with Gasteiger partial charge in [0.15, 0.2) is 11.6 Å². The average molecular weight is 362 g/mol. The lowest BCUT2D eigenvalue weighted by Gasteiger charge is -1.95. The maximum Gasteiger partial charge on any atom is 0.167 e. The number of hydrogen-bond acceptors (Lipinski definition) is 6. The van der Waals surface area contributed by atoms with Gasteiger partial charge in [-0.3, -0.25) is 5.10 Å². The van der Waals surface area contributed by atoms with E-state index >= 15 is 0 Å². The number of furan rings is 1. The number of nitrogens with zero attached hydrogens (tertiary/aromatic N) is 5. The van der Waals surface area contributed by atoms with Gasteiger partial charge in [0.2, 0.25) is 0 Å². The minimum Gasteiger partial charge on any atom is -0.460 e. The van der Waals surface area contributed by atoms with Crippen molar-refractivity contribution in [2.75, 3.05) is 0 Å². The van der Waals surface area contributed by atoms with E-state index in [1.54, 1.807) is 11.3 Å². The van der Waals surface area contributed by atoms with E-state index in [1.807, 2.05) is 54.9 Å². The molecular weight excluding hydrogens is 348 g/mol. The zero-order valence-electron chi connectivity index (χ0n) is 14.1. The van der Waals surface area contributed by atoms with Crippen LogP contribution in [0.2, 0.25) is 0 Å². The fourth-order valence-electron chi connectivity index (χ4n) is 3.01. The predicted molar refractivity (Wildman–Crippen MR) is 98.9 cm³/mol. The van der Waals surface area contributed by atoms with E-state index in [9.17, 15) is 0 Å². The number of fused-ring (bicyclic) bond motifs is 1. The first kappa shape index (κ1) is 15.0. The lowest BCUT2D eigenvalue weighted by molar-refractivity contribution is 0.547. The van der Waals surface area contributed by atoms with Gasteiger partial charge in [0.25, 0.3) is 0 Å². The van der Waals surface area contributed by atoms with Crippen LogP contribution in [0.1, 0.15) is 11.5 Å².